The van der Waals surface area contributed by atoms with Crippen LogP contribution in [-0.2, 0) is 77.9 Å². The van der Waals surface area contributed by atoms with Crippen LogP contribution in [0.15, 0.2) is 72.8 Å². The fourth-order valence-electron chi connectivity index (χ4n) is 11.8. The van der Waals surface area contributed by atoms with Crippen LogP contribution in [0.1, 0.15) is 185 Å². The molecule has 0 spiro atoms. The second kappa shape index (κ2) is 35.5. The molecule has 0 aliphatic heterocycles. The monoisotopic (exact) mass is 1410 g/mol. The number of ether oxygens (including phenoxy) is 7. The molecule has 3 saturated carbocycles. The van der Waals surface area contributed by atoms with E-state index >= 15 is 0 Å². The molecule has 6 aromatic rings. The summed E-state index contributed by atoms with van der Waals surface area (Å²) in [5.41, 5.74) is 1.28. The van der Waals surface area contributed by atoms with Crippen molar-refractivity contribution in [3.8, 4) is 17.6 Å². The molecule has 3 aliphatic carbocycles. The first-order chi connectivity index (χ1) is 44.5. The maximum atomic E-state index is 14.2. The molecule has 1 N–H and O–H groups in total. The van der Waals surface area contributed by atoms with Gasteiger partial charge in [-0.25, -0.2) is 36.8 Å². The van der Waals surface area contributed by atoms with Crippen LogP contribution in [0, 0.1) is 17.5 Å². The quantitative estimate of drug-likeness (QED) is 0.0543. The Labute approximate surface area is 579 Å². The Morgan fingerprint density at radius 2 is 0.842 bits per heavy atom. The molecule has 25 heteroatoms. The first kappa shape index (κ1) is 78.1. The fourth-order valence-corrected chi connectivity index (χ4v) is 12.4. The number of aromatic nitrogens is 6. The van der Waals surface area contributed by atoms with Crippen LogP contribution in [0.5, 0.6) is 17.6 Å². The topological polar surface area (TPSA) is 179 Å². The molecule has 95 heavy (non-hydrogen) atoms. The highest BCUT2D eigenvalue weighted by Gasteiger charge is 2.36. The maximum Gasteiger partial charge on any atom is 0.410 e. The Kier molecular flexibility index (Phi) is 29.2. The van der Waals surface area contributed by atoms with E-state index in [0.717, 1.165) is 102 Å². The molecule has 0 bridgehead atoms. The van der Waals surface area contributed by atoms with Crippen molar-refractivity contribution in [1.82, 2.24) is 39.1 Å². The van der Waals surface area contributed by atoms with Crippen LogP contribution >= 0.6 is 47.2 Å². The molecule has 526 valence electrons. The third kappa shape index (κ3) is 24.2. The predicted molar refractivity (Wildman–Crippen MR) is 364 cm³/mol. The molecule has 0 unspecified atom stereocenters. The van der Waals surface area contributed by atoms with Gasteiger partial charge in [0.1, 0.15) is 48.5 Å². The van der Waals surface area contributed by atoms with Crippen LogP contribution in [-0.4, -0.2) is 113 Å². The number of rotatable bonds is 26. The molecule has 0 radical (unpaired) electrons. The van der Waals surface area contributed by atoms with Gasteiger partial charge in [0.25, 0.3) is 0 Å². The van der Waals surface area contributed by atoms with Crippen LogP contribution < -0.4 is 14.2 Å². The van der Waals surface area contributed by atoms with Gasteiger partial charge in [-0.3, -0.25) is 0 Å². The molecular formula is C70H97Cl4F3N8O10. The standard InChI is InChI=1S/C25H35ClFN3O4.C24H33ClFN3O4.C21H28ClFN2O2.ClH/c1-24(2,3)34-23(31)29(4)16-20-15-22(33-17-18-14-19(26)8-9-21(18)27)30(28-20)13-12-25(32-5)10-6-7-11-25;1-23(2,3)33-22(30)28(4)15-19-14-21(32-16-17-13-18(25)7-8-20(17)26)29(27-19)12-11-24(31)9-5-6-10-24;1-3-6-18-14-20(27-15-16-13-17(22)7-8-19(16)23)25(24-18)12-11-21(26-2)9-4-5-10-21;/h8-9,14-15H,6-7,10-13,16-17H2,1-5H3;7-8,13-14,31H,5-6,9-12,15-16H2,1-4H3;7-8,13-14H,3-6,9-12,15H2,1-2H3;1H. The number of hydrogen-bond acceptors (Lipinski definition) is 13. The molecule has 0 saturated heterocycles. The number of methoxy groups -OCH3 is 2. The van der Waals surface area contributed by atoms with Crippen molar-refractivity contribution in [3.05, 3.63) is 139 Å². The van der Waals surface area contributed by atoms with E-state index in [4.69, 9.17) is 73.1 Å². The molecule has 3 aromatic carbocycles. The van der Waals surface area contributed by atoms with E-state index in [2.05, 4.69) is 17.1 Å². The van der Waals surface area contributed by atoms with E-state index in [1.807, 2.05) is 52.3 Å². The normalized spacial score (nSPS) is 15.4. The molecule has 9 rings (SSSR count). The summed E-state index contributed by atoms with van der Waals surface area (Å²) in [6, 6.07) is 18.6. The number of nitrogens with zero attached hydrogens (tertiary/aromatic N) is 8. The first-order valence-corrected chi connectivity index (χ1v) is 33.7. The fraction of sp³-hybridized carbons (Fsp3) is 0.586. The number of hydrogen-bond donors (Lipinski definition) is 1. The van der Waals surface area contributed by atoms with Crippen molar-refractivity contribution in [2.45, 2.75) is 238 Å². The van der Waals surface area contributed by atoms with E-state index in [1.54, 1.807) is 61.9 Å². The van der Waals surface area contributed by atoms with Gasteiger partial charge < -0.3 is 48.1 Å². The lowest BCUT2D eigenvalue weighted by Gasteiger charge is -2.27. The number of carbonyl (C=O) groups excluding carboxylic acids is 2. The lowest BCUT2D eigenvalue weighted by Crippen LogP contribution is -2.34. The van der Waals surface area contributed by atoms with Gasteiger partial charge in [0.15, 0.2) is 0 Å². The summed E-state index contributed by atoms with van der Waals surface area (Å²) in [6.07, 6.45) is 15.8. The van der Waals surface area contributed by atoms with Gasteiger partial charge in [0, 0.05) is 97.9 Å². The molecule has 3 aliphatic rings. The summed E-state index contributed by atoms with van der Waals surface area (Å²) in [5.74, 6) is 0.491. The average molecular weight is 1410 g/mol. The summed E-state index contributed by atoms with van der Waals surface area (Å²) in [5, 5.41) is 26.1. The van der Waals surface area contributed by atoms with Gasteiger partial charge in [0.2, 0.25) is 17.6 Å². The van der Waals surface area contributed by atoms with E-state index in [0.29, 0.717) is 80.3 Å². The highest BCUT2D eigenvalue weighted by atomic mass is 35.5. The Bertz CT molecular complexity index is 3410. The van der Waals surface area contributed by atoms with Crippen LogP contribution in [0.25, 0.3) is 0 Å². The van der Waals surface area contributed by atoms with Gasteiger partial charge in [-0.05, 0) is 160 Å². The molecule has 2 amide bonds. The van der Waals surface area contributed by atoms with Gasteiger partial charge in [0.05, 0.1) is 47.0 Å². The third-order valence-corrected chi connectivity index (χ3v) is 17.7. The van der Waals surface area contributed by atoms with Crippen LogP contribution in [0.4, 0.5) is 22.8 Å². The van der Waals surface area contributed by atoms with Crippen LogP contribution in [0.2, 0.25) is 15.1 Å². The second-order valence-electron chi connectivity index (χ2n) is 27.0. The smallest absolute Gasteiger partial charge is 0.410 e. The largest absolute Gasteiger partial charge is 0.473 e. The molecule has 3 aromatic heterocycles. The number of halogens is 7. The number of amides is 2. The number of carbonyl (C=O) groups is 2. The summed E-state index contributed by atoms with van der Waals surface area (Å²) >= 11 is 18.0. The van der Waals surface area contributed by atoms with Gasteiger partial charge >= 0.3 is 12.2 Å². The van der Waals surface area contributed by atoms with Crippen molar-refractivity contribution < 1.29 is 61.0 Å². The zero-order chi connectivity index (χ0) is 68.4. The summed E-state index contributed by atoms with van der Waals surface area (Å²) in [7, 11) is 6.86. The molecular weight excluding hydrogens is 1310 g/mol. The van der Waals surface area contributed by atoms with Crippen molar-refractivity contribution in [2.24, 2.45) is 0 Å². The van der Waals surface area contributed by atoms with Crippen molar-refractivity contribution >= 4 is 59.4 Å². The minimum Gasteiger partial charge on any atom is -0.473 e. The van der Waals surface area contributed by atoms with Crippen LogP contribution in [0.3, 0.4) is 0 Å². The van der Waals surface area contributed by atoms with Crippen molar-refractivity contribution in [2.75, 3.05) is 28.3 Å². The summed E-state index contributed by atoms with van der Waals surface area (Å²) in [6.45, 7) is 15.3. The van der Waals surface area contributed by atoms with Crippen molar-refractivity contribution in [3.63, 3.8) is 0 Å². The highest BCUT2D eigenvalue weighted by molar-refractivity contribution is 6.31. The minimum atomic E-state index is -0.699. The zero-order valence-electron chi connectivity index (χ0n) is 57.0. The minimum absolute atomic E-state index is 0. The Morgan fingerprint density at radius 3 is 1.17 bits per heavy atom. The Balaban J connectivity index is 0.000000226. The lowest BCUT2D eigenvalue weighted by molar-refractivity contribution is -0.0158. The first-order valence-electron chi connectivity index (χ1n) is 32.6. The number of aryl methyl sites for hydroxylation is 4. The van der Waals surface area contributed by atoms with Gasteiger partial charge in [-0.2, -0.15) is 15.3 Å². The Morgan fingerprint density at radius 1 is 0.526 bits per heavy atom. The SMILES string of the molecule is CCCc1cc(OCc2cc(Cl)ccc2F)n(CCC2(OC)CCCC2)n1.CN(Cc1cc(OCc2cc(Cl)ccc2F)n(CCC2(O)CCCC2)n1)C(=O)OC(C)(C)C.COC1(CCn2nc(CN(C)C(=O)OC(C)(C)C)cc2OCc2cc(Cl)ccc2F)CCCC1.Cl. The van der Waals surface area contributed by atoms with E-state index in [-0.39, 0.29) is 68.2 Å². The maximum absolute atomic E-state index is 14.2. The highest BCUT2D eigenvalue weighted by Crippen LogP contribution is 2.39. The van der Waals surface area contributed by atoms with E-state index in [9.17, 15) is 27.9 Å². The molecule has 3 heterocycles. The molecule has 0 atom stereocenters. The molecule has 18 nitrogen and oxygen atoms in total. The average Bonchev–Trinajstić information content (AvgIpc) is 1.92. The van der Waals surface area contributed by atoms with E-state index < -0.39 is 34.8 Å². The second-order valence-corrected chi connectivity index (χ2v) is 28.3. The van der Waals surface area contributed by atoms with Crippen molar-refractivity contribution in [1.29, 1.82) is 0 Å². The van der Waals surface area contributed by atoms with Gasteiger partial charge in [-0.15, -0.1) is 12.4 Å². The predicted octanol–water partition coefficient (Wildman–Crippen LogP) is 17.3. The zero-order valence-corrected chi connectivity index (χ0v) is 60.1. The molecule has 3 fully saturated rings. The van der Waals surface area contributed by atoms with Gasteiger partial charge in [-0.1, -0.05) is 86.7 Å². The third-order valence-electron chi connectivity index (χ3n) is 17.0. The lowest BCUT2D eigenvalue weighted by atomic mass is 9.98. The number of aliphatic hydroxyl groups is 1. The Hall–Kier alpha value is -5.94. The summed E-state index contributed by atoms with van der Waals surface area (Å²) in [4.78, 5) is 27.6. The summed E-state index contributed by atoms with van der Waals surface area (Å²) < 4.78 is 87.9. The number of benzene rings is 3. The van der Waals surface area contributed by atoms with E-state index in [1.165, 1.54) is 65.1 Å².